The SMILES string of the molecule is FC(F)(F)C1CCNC(c2ncccc2C2OC=CO2)C1. The molecule has 0 aliphatic carbocycles. The number of piperidine rings is 1. The molecule has 114 valence electrons. The van der Waals surface area contributed by atoms with E-state index in [0.29, 0.717) is 17.8 Å². The fourth-order valence-corrected chi connectivity index (χ4v) is 2.73. The molecule has 2 unspecified atom stereocenters. The summed E-state index contributed by atoms with van der Waals surface area (Å²) in [5.41, 5.74) is 1.21. The molecule has 3 heterocycles. The summed E-state index contributed by atoms with van der Waals surface area (Å²) in [5.74, 6) is -1.30. The van der Waals surface area contributed by atoms with Gasteiger partial charge in [-0.1, -0.05) is 0 Å². The van der Waals surface area contributed by atoms with Gasteiger partial charge in [0.1, 0.15) is 12.5 Å². The van der Waals surface area contributed by atoms with Gasteiger partial charge in [-0.3, -0.25) is 4.98 Å². The van der Waals surface area contributed by atoms with E-state index in [0.717, 1.165) is 0 Å². The minimum absolute atomic E-state index is 0.0202. The van der Waals surface area contributed by atoms with Crippen molar-refractivity contribution in [3.63, 3.8) is 0 Å². The van der Waals surface area contributed by atoms with Crippen LogP contribution in [0.2, 0.25) is 0 Å². The Kier molecular flexibility index (Phi) is 3.75. The number of nitrogens with zero attached hydrogens (tertiary/aromatic N) is 1. The molecular formula is C14H15F3N2O2. The highest BCUT2D eigenvalue weighted by Crippen LogP contribution is 2.39. The van der Waals surface area contributed by atoms with Crippen molar-refractivity contribution in [2.45, 2.75) is 31.3 Å². The summed E-state index contributed by atoms with van der Waals surface area (Å²) in [6.07, 6.45) is -0.338. The Morgan fingerprint density at radius 3 is 2.71 bits per heavy atom. The third-order valence-corrected chi connectivity index (χ3v) is 3.78. The Bertz CT molecular complexity index is 525. The van der Waals surface area contributed by atoms with Crippen LogP contribution in [0.5, 0.6) is 0 Å². The summed E-state index contributed by atoms with van der Waals surface area (Å²) in [5, 5.41) is 3.11. The van der Waals surface area contributed by atoms with Gasteiger partial charge in [0.2, 0.25) is 0 Å². The first-order valence-corrected chi connectivity index (χ1v) is 6.76. The summed E-state index contributed by atoms with van der Waals surface area (Å²) in [6, 6.07) is 3.03. The molecule has 0 bridgehead atoms. The first-order valence-electron chi connectivity index (χ1n) is 6.76. The minimum Gasteiger partial charge on any atom is -0.455 e. The largest absolute Gasteiger partial charge is 0.455 e. The Hall–Kier alpha value is -1.76. The van der Waals surface area contributed by atoms with Crippen LogP contribution in [0.3, 0.4) is 0 Å². The lowest BCUT2D eigenvalue weighted by molar-refractivity contribution is -0.183. The van der Waals surface area contributed by atoms with Gasteiger partial charge in [0.05, 0.1) is 23.2 Å². The quantitative estimate of drug-likeness (QED) is 0.911. The number of alkyl halides is 3. The predicted molar refractivity (Wildman–Crippen MR) is 67.8 cm³/mol. The van der Waals surface area contributed by atoms with E-state index < -0.39 is 24.4 Å². The molecule has 1 fully saturated rings. The molecule has 2 aliphatic rings. The van der Waals surface area contributed by atoms with Gasteiger partial charge in [-0.15, -0.1) is 0 Å². The van der Waals surface area contributed by atoms with Crippen LogP contribution in [0.25, 0.3) is 0 Å². The zero-order valence-electron chi connectivity index (χ0n) is 11.1. The molecule has 3 rings (SSSR count). The normalized spacial score (nSPS) is 26.4. The van der Waals surface area contributed by atoms with Crippen molar-refractivity contribution < 1.29 is 22.6 Å². The first-order chi connectivity index (χ1) is 10.1. The molecule has 0 amide bonds. The molecule has 1 aromatic heterocycles. The number of aromatic nitrogens is 1. The number of nitrogens with one attached hydrogen (secondary N) is 1. The Labute approximate surface area is 120 Å². The van der Waals surface area contributed by atoms with Gasteiger partial charge in [-0.05, 0) is 31.5 Å². The van der Waals surface area contributed by atoms with Crippen LogP contribution < -0.4 is 5.32 Å². The standard InChI is InChI=1S/C14H15F3N2O2/c15-14(16,17)9-3-5-18-11(8-9)12-10(2-1-4-19-12)13-20-6-7-21-13/h1-2,4,6-7,9,11,13,18H,3,5,8H2. The van der Waals surface area contributed by atoms with Crippen LogP contribution in [-0.4, -0.2) is 17.7 Å². The third kappa shape index (κ3) is 2.97. The van der Waals surface area contributed by atoms with Crippen LogP contribution in [0.4, 0.5) is 13.2 Å². The molecule has 4 nitrogen and oxygen atoms in total. The second kappa shape index (κ2) is 5.55. The maximum Gasteiger partial charge on any atom is 0.391 e. The lowest BCUT2D eigenvalue weighted by atomic mass is 9.89. The van der Waals surface area contributed by atoms with Crippen molar-refractivity contribution >= 4 is 0 Å². The summed E-state index contributed by atoms with van der Waals surface area (Å²) < 4.78 is 49.3. The highest BCUT2D eigenvalue weighted by Gasteiger charge is 2.43. The van der Waals surface area contributed by atoms with Crippen molar-refractivity contribution in [2.24, 2.45) is 5.92 Å². The van der Waals surface area contributed by atoms with Crippen molar-refractivity contribution in [3.05, 3.63) is 42.1 Å². The highest BCUT2D eigenvalue weighted by atomic mass is 19.4. The summed E-state index contributed by atoms with van der Waals surface area (Å²) >= 11 is 0. The highest BCUT2D eigenvalue weighted by molar-refractivity contribution is 5.25. The summed E-state index contributed by atoms with van der Waals surface area (Å²) in [7, 11) is 0. The van der Waals surface area contributed by atoms with E-state index in [9.17, 15) is 13.2 Å². The van der Waals surface area contributed by atoms with Gasteiger partial charge in [0.15, 0.2) is 0 Å². The topological polar surface area (TPSA) is 43.4 Å². The van der Waals surface area contributed by atoms with E-state index in [4.69, 9.17) is 9.47 Å². The molecular weight excluding hydrogens is 285 g/mol. The molecule has 2 atom stereocenters. The van der Waals surface area contributed by atoms with Gasteiger partial charge in [0.25, 0.3) is 6.29 Å². The third-order valence-electron chi connectivity index (χ3n) is 3.78. The molecule has 7 heteroatoms. The molecule has 0 spiro atoms. The maximum atomic E-state index is 12.9. The minimum atomic E-state index is -4.17. The number of hydrogen-bond acceptors (Lipinski definition) is 4. The van der Waals surface area contributed by atoms with Gasteiger partial charge >= 0.3 is 6.18 Å². The fraction of sp³-hybridized carbons (Fsp3) is 0.500. The predicted octanol–water partition coefficient (Wildman–Crippen LogP) is 3.20. The smallest absolute Gasteiger partial charge is 0.391 e. The van der Waals surface area contributed by atoms with E-state index in [1.54, 1.807) is 18.3 Å². The summed E-state index contributed by atoms with van der Waals surface area (Å²) in [6.45, 7) is 0.315. The zero-order valence-corrected chi connectivity index (χ0v) is 11.1. The van der Waals surface area contributed by atoms with E-state index in [2.05, 4.69) is 10.3 Å². The molecule has 1 N–H and O–H groups in total. The molecule has 1 saturated heterocycles. The summed E-state index contributed by atoms with van der Waals surface area (Å²) in [4.78, 5) is 4.25. The van der Waals surface area contributed by atoms with Crippen molar-refractivity contribution in [3.8, 4) is 0 Å². The van der Waals surface area contributed by atoms with Gasteiger partial charge in [0, 0.05) is 6.20 Å². The Balaban J connectivity index is 1.83. The van der Waals surface area contributed by atoms with Crippen LogP contribution in [-0.2, 0) is 9.47 Å². The number of halogens is 3. The number of rotatable bonds is 2. The maximum absolute atomic E-state index is 12.9. The lowest BCUT2D eigenvalue weighted by Crippen LogP contribution is -2.38. The van der Waals surface area contributed by atoms with Crippen LogP contribution in [0.1, 0.15) is 36.4 Å². The lowest BCUT2D eigenvalue weighted by Gasteiger charge is -2.32. The molecule has 21 heavy (non-hydrogen) atoms. The molecule has 0 saturated carbocycles. The Morgan fingerprint density at radius 2 is 2.00 bits per heavy atom. The van der Waals surface area contributed by atoms with Gasteiger partial charge in [-0.25, -0.2) is 0 Å². The monoisotopic (exact) mass is 300 g/mol. The Morgan fingerprint density at radius 1 is 1.24 bits per heavy atom. The zero-order chi connectivity index (χ0) is 14.9. The van der Waals surface area contributed by atoms with Gasteiger partial charge < -0.3 is 14.8 Å². The molecule has 1 aromatic rings. The van der Waals surface area contributed by atoms with Gasteiger partial charge in [-0.2, -0.15) is 13.2 Å². The molecule has 2 aliphatic heterocycles. The molecule has 0 aromatic carbocycles. The van der Waals surface area contributed by atoms with Crippen LogP contribution in [0, 0.1) is 5.92 Å². The van der Waals surface area contributed by atoms with Crippen molar-refractivity contribution in [2.75, 3.05) is 6.54 Å². The second-order valence-electron chi connectivity index (χ2n) is 5.12. The molecule has 0 radical (unpaired) electrons. The van der Waals surface area contributed by atoms with E-state index in [1.807, 2.05) is 0 Å². The fourth-order valence-electron chi connectivity index (χ4n) is 2.73. The second-order valence-corrected chi connectivity index (χ2v) is 5.12. The van der Waals surface area contributed by atoms with Crippen molar-refractivity contribution in [1.82, 2.24) is 10.3 Å². The number of pyridine rings is 1. The number of hydrogen-bond donors (Lipinski definition) is 1. The van der Waals surface area contributed by atoms with E-state index >= 15 is 0 Å². The van der Waals surface area contributed by atoms with Crippen LogP contribution >= 0.6 is 0 Å². The number of ether oxygens (including phenoxy) is 2. The van der Waals surface area contributed by atoms with Crippen LogP contribution in [0.15, 0.2) is 30.9 Å². The average Bonchev–Trinajstić information content (AvgIpc) is 3.01. The van der Waals surface area contributed by atoms with Crippen molar-refractivity contribution in [1.29, 1.82) is 0 Å². The first kappa shape index (κ1) is 14.2. The van der Waals surface area contributed by atoms with E-state index in [1.165, 1.54) is 12.5 Å². The average molecular weight is 300 g/mol. The van der Waals surface area contributed by atoms with E-state index in [-0.39, 0.29) is 12.8 Å².